The fourth-order valence-electron chi connectivity index (χ4n) is 3.16. The summed E-state index contributed by atoms with van der Waals surface area (Å²) in [5.74, 6) is 0.740. The van der Waals surface area contributed by atoms with Gasteiger partial charge in [-0.05, 0) is 54.5 Å². The molecular weight excluding hydrogens is 354 g/mol. The highest BCUT2D eigenvalue weighted by Crippen LogP contribution is 2.25. The number of aromatic nitrogens is 1. The summed E-state index contributed by atoms with van der Waals surface area (Å²) >= 11 is 1.73. The summed E-state index contributed by atoms with van der Waals surface area (Å²) in [7, 11) is 0. The molecule has 0 fully saturated rings. The highest BCUT2D eigenvalue weighted by molar-refractivity contribution is 7.09. The minimum Gasteiger partial charge on any atom is -0.485 e. The fraction of sp³-hybridized carbons (Fsp3) is 0.348. The Hall–Kier alpha value is -2.33. The first-order chi connectivity index (χ1) is 12.8. The molecule has 3 rings (SSSR count). The Bertz CT molecular complexity index is 913. The molecule has 4 heteroatoms. The lowest BCUT2D eigenvalue weighted by Gasteiger charge is -2.19. The summed E-state index contributed by atoms with van der Waals surface area (Å²) in [6.45, 7) is 11.4. The summed E-state index contributed by atoms with van der Waals surface area (Å²) in [6, 6.07) is 14.1. The van der Waals surface area contributed by atoms with Crippen molar-refractivity contribution < 1.29 is 9.53 Å². The van der Waals surface area contributed by atoms with E-state index in [0.29, 0.717) is 0 Å². The van der Waals surface area contributed by atoms with Gasteiger partial charge in [-0.3, -0.25) is 4.79 Å². The van der Waals surface area contributed by atoms with Crippen molar-refractivity contribution in [3.05, 3.63) is 75.2 Å². The van der Waals surface area contributed by atoms with Crippen molar-refractivity contribution in [2.24, 2.45) is 0 Å². The van der Waals surface area contributed by atoms with Gasteiger partial charge in [0.25, 0.3) is 0 Å². The second-order valence-corrected chi connectivity index (χ2v) is 8.97. The maximum atomic E-state index is 12.7. The molecule has 2 aromatic heterocycles. The predicted molar refractivity (Wildman–Crippen MR) is 112 cm³/mol. The van der Waals surface area contributed by atoms with Crippen LogP contribution < -0.4 is 4.74 Å². The monoisotopic (exact) mass is 381 g/mol. The first-order valence-electron chi connectivity index (χ1n) is 9.21. The van der Waals surface area contributed by atoms with Crippen LogP contribution in [0.25, 0.3) is 0 Å². The quantitative estimate of drug-likeness (QED) is 0.507. The van der Waals surface area contributed by atoms with Crippen LogP contribution in [0.4, 0.5) is 0 Å². The van der Waals surface area contributed by atoms with E-state index in [1.54, 1.807) is 11.3 Å². The highest BCUT2D eigenvalue weighted by atomic mass is 32.1. The molecule has 1 aromatic carbocycles. The second-order valence-electron chi connectivity index (χ2n) is 7.94. The molecule has 0 N–H and O–H groups in total. The zero-order valence-electron chi connectivity index (χ0n) is 16.7. The number of hydrogen-bond donors (Lipinski definition) is 0. The van der Waals surface area contributed by atoms with Crippen LogP contribution in [0.15, 0.2) is 47.8 Å². The van der Waals surface area contributed by atoms with Gasteiger partial charge in [-0.15, -0.1) is 11.3 Å². The van der Waals surface area contributed by atoms with Crippen LogP contribution >= 0.6 is 11.3 Å². The Morgan fingerprint density at radius 1 is 1.11 bits per heavy atom. The Morgan fingerprint density at radius 2 is 1.81 bits per heavy atom. The van der Waals surface area contributed by atoms with Crippen LogP contribution in [0.2, 0.25) is 0 Å². The molecular formula is C23H27NO2S. The molecule has 0 radical (unpaired) electrons. The third kappa shape index (κ3) is 4.51. The molecule has 27 heavy (non-hydrogen) atoms. The summed E-state index contributed by atoms with van der Waals surface area (Å²) < 4.78 is 7.93. The second kappa shape index (κ2) is 7.73. The third-order valence-corrected chi connectivity index (χ3v) is 5.72. The molecule has 3 aromatic rings. The molecule has 0 bridgehead atoms. The number of Topliss-reactive ketones (excluding diaryl/α,β-unsaturated/α-hetero) is 1. The summed E-state index contributed by atoms with van der Waals surface area (Å²) in [5.41, 5.74) is 4.19. The fourth-order valence-corrected chi connectivity index (χ4v) is 3.86. The van der Waals surface area contributed by atoms with E-state index in [9.17, 15) is 4.79 Å². The zero-order valence-corrected chi connectivity index (χ0v) is 17.5. The number of thiophene rings is 1. The Morgan fingerprint density at radius 3 is 2.41 bits per heavy atom. The zero-order chi connectivity index (χ0) is 19.6. The van der Waals surface area contributed by atoms with Crippen LogP contribution in [0.5, 0.6) is 5.75 Å². The Balaban J connectivity index is 1.68. The topological polar surface area (TPSA) is 31.2 Å². The number of benzene rings is 1. The lowest BCUT2D eigenvalue weighted by molar-refractivity contribution is 0.0920. The van der Waals surface area contributed by atoms with Crippen molar-refractivity contribution in [2.75, 3.05) is 6.61 Å². The van der Waals surface area contributed by atoms with Crippen molar-refractivity contribution in [1.29, 1.82) is 0 Å². The van der Waals surface area contributed by atoms with Gasteiger partial charge in [-0.25, -0.2) is 0 Å². The molecule has 0 saturated carbocycles. The molecule has 0 amide bonds. The van der Waals surface area contributed by atoms with Crippen LogP contribution in [0.3, 0.4) is 0 Å². The van der Waals surface area contributed by atoms with Gasteiger partial charge in [0, 0.05) is 21.8 Å². The maximum Gasteiger partial charge on any atom is 0.202 e. The molecule has 0 saturated heterocycles. The minimum atomic E-state index is 0.0143. The summed E-state index contributed by atoms with van der Waals surface area (Å²) in [4.78, 5) is 14.0. The number of hydrogen-bond acceptors (Lipinski definition) is 3. The summed E-state index contributed by atoms with van der Waals surface area (Å²) in [5, 5.41) is 2.08. The maximum absolute atomic E-state index is 12.7. The molecule has 0 spiro atoms. The molecule has 2 heterocycles. The van der Waals surface area contributed by atoms with Gasteiger partial charge in [0.05, 0.1) is 6.54 Å². The average molecular weight is 382 g/mol. The third-order valence-electron chi connectivity index (χ3n) is 4.86. The smallest absolute Gasteiger partial charge is 0.202 e. The van der Waals surface area contributed by atoms with E-state index in [4.69, 9.17) is 4.74 Å². The largest absolute Gasteiger partial charge is 0.485 e. The van der Waals surface area contributed by atoms with Gasteiger partial charge in [-0.1, -0.05) is 39.0 Å². The summed E-state index contributed by atoms with van der Waals surface area (Å²) in [6.07, 6.45) is 0. The van der Waals surface area contributed by atoms with Crippen LogP contribution in [0.1, 0.15) is 53.0 Å². The van der Waals surface area contributed by atoms with Gasteiger partial charge in [0.2, 0.25) is 5.78 Å². The van der Waals surface area contributed by atoms with Crippen molar-refractivity contribution in [1.82, 2.24) is 4.57 Å². The van der Waals surface area contributed by atoms with E-state index in [1.165, 1.54) is 10.4 Å². The van der Waals surface area contributed by atoms with Gasteiger partial charge >= 0.3 is 0 Å². The van der Waals surface area contributed by atoms with Crippen LogP contribution in [0, 0.1) is 13.8 Å². The first-order valence-corrected chi connectivity index (χ1v) is 10.1. The van der Waals surface area contributed by atoms with Crippen molar-refractivity contribution >= 4 is 17.1 Å². The number of nitrogens with zero attached hydrogens (tertiary/aromatic N) is 1. The molecule has 3 nitrogen and oxygen atoms in total. The van der Waals surface area contributed by atoms with Crippen molar-refractivity contribution in [3.63, 3.8) is 0 Å². The van der Waals surface area contributed by atoms with E-state index in [-0.39, 0.29) is 17.8 Å². The average Bonchev–Trinajstić information content (AvgIpc) is 3.23. The number of rotatable bonds is 6. The van der Waals surface area contributed by atoms with Crippen molar-refractivity contribution in [3.8, 4) is 5.75 Å². The number of aryl methyl sites for hydroxylation is 1. The highest BCUT2D eigenvalue weighted by Gasteiger charge is 2.17. The van der Waals surface area contributed by atoms with Crippen LogP contribution in [-0.4, -0.2) is 17.0 Å². The first kappa shape index (κ1) is 19.4. The molecule has 0 aliphatic carbocycles. The van der Waals surface area contributed by atoms with E-state index in [1.807, 2.05) is 32.0 Å². The molecule has 0 aliphatic heterocycles. The molecule has 0 unspecified atom stereocenters. The molecule has 0 atom stereocenters. The predicted octanol–water partition coefficient (Wildman–Crippen LogP) is 5.77. The van der Waals surface area contributed by atoms with Gasteiger partial charge in [0.1, 0.15) is 5.75 Å². The normalized spacial score (nSPS) is 11.6. The Kier molecular flexibility index (Phi) is 5.56. The minimum absolute atomic E-state index is 0.0143. The standard InChI is InChI=1S/C23H27NO2S/c1-16-13-21(17(2)24(16)14-20-7-6-12-27-20)22(25)15-26-19-10-8-18(9-11-19)23(3,4)5/h6-13H,14-15H2,1-5H3. The number of ether oxygens (including phenoxy) is 1. The van der Waals surface area contributed by atoms with Gasteiger partial charge in [-0.2, -0.15) is 0 Å². The van der Waals surface area contributed by atoms with E-state index < -0.39 is 0 Å². The van der Waals surface area contributed by atoms with Gasteiger partial charge in [0.15, 0.2) is 6.61 Å². The number of carbonyl (C=O) groups is 1. The number of ketones is 1. The molecule has 142 valence electrons. The van der Waals surface area contributed by atoms with Crippen LogP contribution in [-0.2, 0) is 12.0 Å². The van der Waals surface area contributed by atoms with E-state index >= 15 is 0 Å². The van der Waals surface area contributed by atoms with E-state index in [0.717, 1.165) is 29.2 Å². The van der Waals surface area contributed by atoms with Crippen molar-refractivity contribution in [2.45, 2.75) is 46.6 Å². The number of carbonyl (C=O) groups excluding carboxylic acids is 1. The molecule has 0 aliphatic rings. The lowest BCUT2D eigenvalue weighted by Crippen LogP contribution is -2.14. The van der Waals surface area contributed by atoms with Gasteiger partial charge < -0.3 is 9.30 Å². The lowest BCUT2D eigenvalue weighted by atomic mass is 9.87. The van der Waals surface area contributed by atoms with E-state index in [2.05, 4.69) is 55.0 Å². The SMILES string of the molecule is Cc1cc(C(=O)COc2ccc(C(C)(C)C)cc2)c(C)n1Cc1cccs1. The Labute approximate surface area is 165 Å².